The van der Waals surface area contributed by atoms with Crippen LogP contribution in [0.5, 0.6) is 5.88 Å². The van der Waals surface area contributed by atoms with Crippen LogP contribution in [0.15, 0.2) is 18.3 Å². The van der Waals surface area contributed by atoms with Crippen molar-refractivity contribution in [3.63, 3.8) is 0 Å². The fourth-order valence-electron chi connectivity index (χ4n) is 0.582. The molecule has 0 unspecified atom stereocenters. The molecular weight excluding hydrogens is 128 g/mol. The molecule has 0 atom stereocenters. The highest BCUT2D eigenvalue weighted by molar-refractivity contribution is 5.24. The van der Waals surface area contributed by atoms with Crippen molar-refractivity contribution in [1.29, 1.82) is 0 Å². The van der Waals surface area contributed by atoms with Crippen LogP contribution in [0.25, 0.3) is 0 Å². The Balaban J connectivity index is 3.08. The first-order valence-electron chi connectivity index (χ1n) is 5.13. The first-order chi connectivity index (χ1) is 6.70. The molecule has 0 radical (unpaired) electrons. The van der Waals surface area contributed by atoms with Crippen LogP contribution >= 0.6 is 0 Å². The number of hydrogen-bond acceptors (Lipinski definition) is 3. The van der Waals surface area contributed by atoms with E-state index in [9.17, 15) is 0 Å². The zero-order valence-corrected chi connectivity index (χ0v) is 5.16. The van der Waals surface area contributed by atoms with E-state index in [0.29, 0.717) is 0 Å². The quantitative estimate of drug-likeness (QED) is 0.657. The van der Waals surface area contributed by atoms with Crippen LogP contribution in [0.4, 0.5) is 0 Å². The van der Waals surface area contributed by atoms with E-state index in [0.717, 1.165) is 0 Å². The standard InChI is InChI=1S/C7H10N2O/c1-10-7-6(5-8)3-2-4-9-7/h2-4H,5,8H2,1H3/i1D3,5D2. The van der Waals surface area contributed by atoms with Crippen molar-refractivity contribution in [3.05, 3.63) is 23.9 Å². The number of nitrogens with two attached hydrogens (primary N) is 1. The van der Waals surface area contributed by atoms with E-state index in [1.54, 1.807) is 0 Å². The molecule has 3 heteroatoms. The maximum Gasteiger partial charge on any atom is 0.217 e. The third-order valence-corrected chi connectivity index (χ3v) is 1.02. The summed E-state index contributed by atoms with van der Waals surface area (Å²) in [5.74, 6) is -0.315. The van der Waals surface area contributed by atoms with Gasteiger partial charge in [-0.1, -0.05) is 6.07 Å². The van der Waals surface area contributed by atoms with Crippen LogP contribution in [0.1, 0.15) is 12.4 Å². The van der Waals surface area contributed by atoms with Crippen molar-refractivity contribution >= 4 is 0 Å². The molecule has 0 aromatic carbocycles. The van der Waals surface area contributed by atoms with Crippen molar-refractivity contribution in [2.24, 2.45) is 5.73 Å². The zero-order chi connectivity index (χ0) is 11.7. The van der Waals surface area contributed by atoms with Crippen molar-refractivity contribution in [2.45, 2.75) is 6.50 Å². The maximum absolute atomic E-state index is 7.26. The molecule has 1 heterocycles. The predicted octanol–water partition coefficient (Wildman–Crippen LogP) is 0.549. The van der Waals surface area contributed by atoms with Gasteiger partial charge in [-0.2, -0.15) is 0 Å². The minimum absolute atomic E-state index is 0.0962. The highest BCUT2D eigenvalue weighted by Crippen LogP contribution is 2.11. The summed E-state index contributed by atoms with van der Waals surface area (Å²) >= 11 is 0. The second-order valence-corrected chi connectivity index (χ2v) is 1.60. The van der Waals surface area contributed by atoms with Crippen molar-refractivity contribution in [1.82, 2.24) is 4.98 Å². The number of rotatable bonds is 2. The maximum atomic E-state index is 7.26. The van der Waals surface area contributed by atoms with Gasteiger partial charge in [0.25, 0.3) is 0 Å². The third kappa shape index (κ3) is 1.25. The highest BCUT2D eigenvalue weighted by Gasteiger charge is 1.97. The molecule has 0 saturated carbocycles. The molecule has 1 aromatic rings. The van der Waals surface area contributed by atoms with Gasteiger partial charge in [-0.25, -0.2) is 4.98 Å². The van der Waals surface area contributed by atoms with Gasteiger partial charge in [-0.15, -0.1) is 0 Å². The Morgan fingerprint density at radius 1 is 2.00 bits per heavy atom. The van der Waals surface area contributed by atoms with Gasteiger partial charge in [0.2, 0.25) is 5.88 Å². The molecule has 3 nitrogen and oxygen atoms in total. The summed E-state index contributed by atoms with van der Waals surface area (Å²) in [7, 11) is -2.67. The molecule has 0 aliphatic carbocycles. The van der Waals surface area contributed by atoms with Gasteiger partial charge in [0.1, 0.15) is 0 Å². The summed E-state index contributed by atoms with van der Waals surface area (Å²) in [4.78, 5) is 3.63. The SMILES string of the molecule is [2H]C([2H])([2H])Oc1ncccc1C([2H])([2H])N. The van der Waals surface area contributed by atoms with Crippen LogP contribution in [0, 0.1) is 0 Å². The molecule has 0 aliphatic rings. The number of hydrogen-bond donors (Lipinski definition) is 1. The molecule has 0 amide bonds. The van der Waals surface area contributed by atoms with Crippen molar-refractivity contribution in [3.8, 4) is 5.88 Å². The molecule has 10 heavy (non-hydrogen) atoms. The van der Waals surface area contributed by atoms with E-state index in [4.69, 9.17) is 12.6 Å². The number of nitrogens with zero attached hydrogens (tertiary/aromatic N) is 1. The van der Waals surface area contributed by atoms with Crippen LogP contribution in [-0.2, 0) is 6.50 Å². The highest BCUT2D eigenvalue weighted by atomic mass is 16.5. The summed E-state index contributed by atoms with van der Waals surface area (Å²) in [5.41, 5.74) is 5.11. The Labute approximate surface area is 66.9 Å². The van der Waals surface area contributed by atoms with Gasteiger partial charge in [-0.3, -0.25) is 0 Å². The van der Waals surface area contributed by atoms with Gasteiger partial charge in [-0.05, 0) is 6.07 Å². The third-order valence-electron chi connectivity index (χ3n) is 1.02. The van der Waals surface area contributed by atoms with Gasteiger partial charge < -0.3 is 10.5 Å². The van der Waals surface area contributed by atoms with E-state index in [2.05, 4.69) is 9.72 Å². The summed E-state index contributed by atoms with van der Waals surface area (Å²) < 4.78 is 39.7. The Bertz CT molecular complexity index is 346. The molecule has 0 spiro atoms. The van der Waals surface area contributed by atoms with E-state index >= 15 is 0 Å². The lowest BCUT2D eigenvalue weighted by Crippen LogP contribution is -2.00. The first-order valence-corrected chi connectivity index (χ1v) is 2.63. The molecule has 54 valence electrons. The van der Waals surface area contributed by atoms with Crippen LogP contribution in [-0.4, -0.2) is 12.0 Å². The first kappa shape index (κ1) is 2.88. The van der Waals surface area contributed by atoms with Gasteiger partial charge in [0.05, 0.1) is 11.2 Å². The topological polar surface area (TPSA) is 48.1 Å². The summed E-state index contributed by atoms with van der Waals surface area (Å²) in [5, 5.41) is 0. The normalized spacial score (nSPS) is 19.5. The van der Waals surface area contributed by atoms with E-state index in [1.165, 1.54) is 18.3 Å². The Kier molecular flexibility index (Phi) is 0.914. The molecule has 1 aromatic heterocycles. The lowest BCUT2D eigenvalue weighted by molar-refractivity contribution is 0.392. The fourth-order valence-corrected chi connectivity index (χ4v) is 0.582. The minimum atomic E-state index is -2.67. The van der Waals surface area contributed by atoms with Crippen LogP contribution in [0.2, 0.25) is 0 Å². The van der Waals surface area contributed by atoms with Gasteiger partial charge in [0, 0.05) is 21.0 Å². The Morgan fingerprint density at radius 3 is 3.60 bits per heavy atom. The second kappa shape index (κ2) is 3.17. The fraction of sp³-hybridized carbons (Fsp3) is 0.286. The molecular formula is C7H10N2O. The monoisotopic (exact) mass is 143 g/mol. The van der Waals surface area contributed by atoms with Crippen LogP contribution in [0.3, 0.4) is 0 Å². The van der Waals surface area contributed by atoms with Gasteiger partial charge >= 0.3 is 0 Å². The lowest BCUT2D eigenvalue weighted by Gasteiger charge is -2.02. The van der Waals surface area contributed by atoms with E-state index in [1.807, 2.05) is 0 Å². The average Bonchev–Trinajstić information content (AvgIpc) is 1.99. The predicted molar refractivity (Wildman–Crippen MR) is 38.7 cm³/mol. The molecule has 0 saturated heterocycles. The van der Waals surface area contributed by atoms with E-state index in [-0.39, 0.29) is 11.4 Å². The van der Waals surface area contributed by atoms with Crippen molar-refractivity contribution < 1.29 is 11.6 Å². The number of aromatic nitrogens is 1. The summed E-state index contributed by atoms with van der Waals surface area (Å²) in [6, 6.07) is 2.78. The number of methoxy groups -OCH3 is 1. The number of ether oxygens (including phenoxy) is 1. The number of pyridine rings is 1. The minimum Gasteiger partial charge on any atom is -0.481 e. The van der Waals surface area contributed by atoms with Crippen LogP contribution < -0.4 is 10.5 Å². The smallest absolute Gasteiger partial charge is 0.217 e. The molecule has 0 fully saturated rings. The molecule has 0 bridgehead atoms. The molecule has 2 N–H and O–H groups in total. The van der Waals surface area contributed by atoms with E-state index < -0.39 is 13.5 Å². The largest absolute Gasteiger partial charge is 0.481 e. The zero-order valence-electron chi connectivity index (χ0n) is 10.2. The average molecular weight is 143 g/mol. The summed E-state index contributed by atoms with van der Waals surface area (Å²) in [6.07, 6.45) is 1.30. The van der Waals surface area contributed by atoms with Gasteiger partial charge in [0.15, 0.2) is 0 Å². The Morgan fingerprint density at radius 2 is 2.90 bits per heavy atom. The molecule has 1 rings (SSSR count). The van der Waals surface area contributed by atoms with Crippen molar-refractivity contribution in [2.75, 3.05) is 7.04 Å². The second-order valence-electron chi connectivity index (χ2n) is 1.60. The lowest BCUT2D eigenvalue weighted by atomic mass is 10.3. The Hall–Kier alpha value is -1.09. The molecule has 0 aliphatic heterocycles. The summed E-state index contributed by atoms with van der Waals surface area (Å²) in [6.45, 7) is -2.19.